The van der Waals surface area contributed by atoms with Gasteiger partial charge in [-0.1, -0.05) is 30.7 Å². The van der Waals surface area contributed by atoms with E-state index < -0.39 is 29.4 Å². The maximum absolute atomic E-state index is 15.0. The van der Waals surface area contributed by atoms with Crippen LogP contribution in [0.5, 0.6) is 0 Å². The zero-order valence-corrected chi connectivity index (χ0v) is 19.5. The standard InChI is InChI=1S/C27H26F2N4O2/c1-15-22(26(34)32-24(17-6-3-7-17)18-8-4-9-19(28)14-18)20-10-5-11-21(29)23(20)27(35)33(15)16(2)25-30-12-13-31-25/h4-5,8-14,16-17,24H,3,6-7H2,1-2H3,(H,30,31)(H,32,34)/t16?,24-/m0/s1. The summed E-state index contributed by atoms with van der Waals surface area (Å²) in [4.78, 5) is 34.5. The van der Waals surface area contributed by atoms with Gasteiger partial charge in [-0.15, -0.1) is 0 Å². The molecule has 1 unspecified atom stereocenters. The molecule has 8 heteroatoms. The van der Waals surface area contributed by atoms with Crippen molar-refractivity contribution in [3.63, 3.8) is 0 Å². The number of H-pyrrole nitrogens is 1. The van der Waals surface area contributed by atoms with Gasteiger partial charge in [0.2, 0.25) is 0 Å². The second kappa shape index (κ2) is 9.09. The van der Waals surface area contributed by atoms with E-state index in [9.17, 15) is 18.4 Å². The summed E-state index contributed by atoms with van der Waals surface area (Å²) in [5.41, 5.74) is 0.782. The Morgan fingerprint density at radius 2 is 1.97 bits per heavy atom. The number of amides is 1. The number of rotatable bonds is 6. The summed E-state index contributed by atoms with van der Waals surface area (Å²) in [6.45, 7) is 3.45. The number of carbonyl (C=O) groups is 1. The highest BCUT2D eigenvalue weighted by atomic mass is 19.1. The first-order chi connectivity index (χ1) is 16.9. The van der Waals surface area contributed by atoms with Gasteiger partial charge in [-0.3, -0.25) is 9.59 Å². The molecule has 1 amide bonds. The number of hydrogen-bond acceptors (Lipinski definition) is 3. The number of nitrogens with zero attached hydrogens (tertiary/aromatic N) is 2. The number of pyridine rings is 1. The molecule has 2 N–H and O–H groups in total. The Morgan fingerprint density at radius 1 is 1.20 bits per heavy atom. The molecule has 180 valence electrons. The fraction of sp³-hybridized carbons (Fsp3) is 0.296. The van der Waals surface area contributed by atoms with Crippen molar-refractivity contribution in [3.05, 3.63) is 99.5 Å². The van der Waals surface area contributed by atoms with E-state index in [-0.39, 0.29) is 28.1 Å². The van der Waals surface area contributed by atoms with Gasteiger partial charge in [0.15, 0.2) is 0 Å². The number of aromatic nitrogens is 3. The Kier molecular flexibility index (Phi) is 5.96. The van der Waals surface area contributed by atoms with Crippen molar-refractivity contribution >= 4 is 16.7 Å². The van der Waals surface area contributed by atoms with Crippen LogP contribution in [0.4, 0.5) is 8.78 Å². The highest BCUT2D eigenvalue weighted by molar-refractivity contribution is 6.08. The number of benzene rings is 2. The Hall–Kier alpha value is -3.81. The smallest absolute Gasteiger partial charge is 0.262 e. The third-order valence-electron chi connectivity index (χ3n) is 7.08. The van der Waals surface area contributed by atoms with E-state index in [2.05, 4.69) is 15.3 Å². The van der Waals surface area contributed by atoms with E-state index in [0.717, 1.165) is 19.3 Å². The van der Waals surface area contributed by atoms with Crippen LogP contribution >= 0.6 is 0 Å². The van der Waals surface area contributed by atoms with Crippen molar-refractivity contribution in [1.29, 1.82) is 0 Å². The van der Waals surface area contributed by atoms with E-state index in [1.807, 2.05) is 0 Å². The minimum atomic E-state index is -0.692. The van der Waals surface area contributed by atoms with Crippen LogP contribution in [0, 0.1) is 24.5 Å². The molecule has 0 radical (unpaired) electrons. The second-order valence-corrected chi connectivity index (χ2v) is 9.15. The lowest BCUT2D eigenvalue weighted by molar-refractivity contribution is 0.0900. The molecule has 2 atom stereocenters. The number of nitrogens with one attached hydrogen (secondary N) is 2. The average Bonchev–Trinajstić information content (AvgIpc) is 3.32. The number of halogens is 2. The van der Waals surface area contributed by atoms with Crippen molar-refractivity contribution in [3.8, 4) is 0 Å². The lowest BCUT2D eigenvalue weighted by Gasteiger charge is -2.35. The van der Waals surface area contributed by atoms with Crippen LogP contribution in [0.3, 0.4) is 0 Å². The minimum absolute atomic E-state index is 0.146. The molecule has 2 aromatic carbocycles. The predicted octanol–water partition coefficient (Wildman–Crippen LogP) is 5.19. The van der Waals surface area contributed by atoms with Gasteiger partial charge in [-0.05, 0) is 56.4 Å². The van der Waals surface area contributed by atoms with Crippen molar-refractivity contribution < 1.29 is 13.6 Å². The first-order valence-corrected chi connectivity index (χ1v) is 11.8. The number of carbonyl (C=O) groups excluding carboxylic acids is 1. The van der Waals surface area contributed by atoms with Gasteiger partial charge in [-0.25, -0.2) is 13.8 Å². The van der Waals surface area contributed by atoms with Gasteiger partial charge in [0.1, 0.15) is 17.5 Å². The number of aromatic amines is 1. The van der Waals surface area contributed by atoms with Crippen LogP contribution in [0.25, 0.3) is 10.8 Å². The molecule has 1 aliphatic carbocycles. The molecule has 35 heavy (non-hydrogen) atoms. The van der Waals surface area contributed by atoms with Crippen molar-refractivity contribution in [2.24, 2.45) is 5.92 Å². The Labute approximate surface area is 201 Å². The normalized spacial score (nSPS) is 15.5. The maximum Gasteiger partial charge on any atom is 0.262 e. The molecule has 1 fully saturated rings. The van der Waals surface area contributed by atoms with E-state index >= 15 is 0 Å². The molecule has 1 saturated carbocycles. The molecular formula is C27H26F2N4O2. The van der Waals surface area contributed by atoms with Gasteiger partial charge in [0.25, 0.3) is 11.5 Å². The summed E-state index contributed by atoms with van der Waals surface area (Å²) >= 11 is 0. The zero-order valence-electron chi connectivity index (χ0n) is 19.5. The number of fused-ring (bicyclic) bond motifs is 1. The summed E-state index contributed by atoms with van der Waals surface area (Å²) in [5.74, 6) is -0.797. The van der Waals surface area contributed by atoms with Gasteiger partial charge < -0.3 is 14.9 Å². The van der Waals surface area contributed by atoms with Crippen LogP contribution in [-0.2, 0) is 0 Å². The molecule has 6 nitrogen and oxygen atoms in total. The highest BCUT2D eigenvalue weighted by Gasteiger charge is 2.32. The Bertz CT molecular complexity index is 1460. The lowest BCUT2D eigenvalue weighted by Crippen LogP contribution is -2.38. The van der Waals surface area contributed by atoms with Gasteiger partial charge in [0, 0.05) is 23.5 Å². The van der Waals surface area contributed by atoms with Crippen LogP contribution in [-0.4, -0.2) is 20.4 Å². The lowest BCUT2D eigenvalue weighted by atomic mass is 9.77. The maximum atomic E-state index is 15.0. The number of hydrogen-bond donors (Lipinski definition) is 2. The quantitative estimate of drug-likeness (QED) is 0.402. The minimum Gasteiger partial charge on any atom is -0.347 e. The molecule has 2 aromatic heterocycles. The van der Waals surface area contributed by atoms with Gasteiger partial charge in [0.05, 0.1) is 23.0 Å². The van der Waals surface area contributed by atoms with Crippen LogP contribution in [0.1, 0.15) is 65.7 Å². The van der Waals surface area contributed by atoms with Crippen molar-refractivity contribution in [1.82, 2.24) is 19.9 Å². The molecule has 0 saturated heterocycles. The SMILES string of the molecule is Cc1c(C(=O)N[C@H](c2cccc(F)c2)C2CCC2)c2cccc(F)c2c(=O)n1C(C)c1ncc[nH]1. The monoisotopic (exact) mass is 476 g/mol. The van der Waals surface area contributed by atoms with Gasteiger partial charge >= 0.3 is 0 Å². The highest BCUT2D eigenvalue weighted by Crippen LogP contribution is 2.38. The average molecular weight is 477 g/mol. The molecule has 1 aliphatic rings. The molecule has 2 heterocycles. The first-order valence-electron chi connectivity index (χ1n) is 11.8. The number of imidazole rings is 1. The Morgan fingerprint density at radius 3 is 2.63 bits per heavy atom. The molecular weight excluding hydrogens is 450 g/mol. The van der Waals surface area contributed by atoms with Crippen LogP contribution < -0.4 is 10.9 Å². The summed E-state index contributed by atoms with van der Waals surface area (Å²) < 4.78 is 30.4. The van der Waals surface area contributed by atoms with Crippen molar-refractivity contribution in [2.75, 3.05) is 0 Å². The summed E-state index contributed by atoms with van der Waals surface area (Å²) in [6, 6.07) is 9.58. The summed E-state index contributed by atoms with van der Waals surface area (Å²) in [6.07, 6.45) is 6.11. The zero-order chi connectivity index (χ0) is 24.7. The van der Waals surface area contributed by atoms with Crippen molar-refractivity contribution in [2.45, 2.75) is 45.2 Å². The van der Waals surface area contributed by atoms with Crippen LogP contribution in [0.15, 0.2) is 59.7 Å². The third kappa shape index (κ3) is 4.03. The fourth-order valence-electron chi connectivity index (χ4n) is 5.08. The molecule has 0 spiro atoms. The van der Waals surface area contributed by atoms with E-state index in [4.69, 9.17) is 0 Å². The van der Waals surface area contributed by atoms with Gasteiger partial charge in [-0.2, -0.15) is 0 Å². The van der Waals surface area contributed by atoms with E-state index in [0.29, 0.717) is 17.1 Å². The first kappa shape index (κ1) is 23.0. The van der Waals surface area contributed by atoms with E-state index in [1.54, 1.807) is 44.4 Å². The summed E-state index contributed by atoms with van der Waals surface area (Å²) in [7, 11) is 0. The van der Waals surface area contributed by atoms with Crippen LogP contribution in [0.2, 0.25) is 0 Å². The largest absolute Gasteiger partial charge is 0.347 e. The Balaban J connectivity index is 1.65. The molecule has 0 bridgehead atoms. The topological polar surface area (TPSA) is 79.8 Å². The second-order valence-electron chi connectivity index (χ2n) is 9.15. The third-order valence-corrected chi connectivity index (χ3v) is 7.08. The molecule has 5 rings (SSSR count). The molecule has 0 aliphatic heterocycles. The predicted molar refractivity (Wildman–Crippen MR) is 129 cm³/mol. The summed E-state index contributed by atoms with van der Waals surface area (Å²) in [5, 5.41) is 3.19. The van der Waals surface area contributed by atoms with E-state index in [1.165, 1.54) is 28.8 Å². The molecule has 4 aromatic rings. The fourth-order valence-corrected chi connectivity index (χ4v) is 5.08.